The van der Waals surface area contributed by atoms with Gasteiger partial charge in [0.1, 0.15) is 5.82 Å². The van der Waals surface area contributed by atoms with Crippen LogP contribution in [0.25, 0.3) is 11.4 Å². The lowest BCUT2D eigenvalue weighted by Gasteiger charge is -2.34. The Labute approximate surface area is 115 Å². The minimum atomic E-state index is -0.415. The average Bonchev–Trinajstić information content (AvgIpc) is 2.82. The lowest BCUT2D eigenvalue weighted by Crippen LogP contribution is -2.34. The molecule has 1 aromatic heterocycles. The Hall–Kier alpha value is -2.02. The van der Waals surface area contributed by atoms with Crippen LogP contribution in [0.4, 0.5) is 10.1 Å². The molecule has 7 heteroatoms. The van der Waals surface area contributed by atoms with E-state index in [1.807, 2.05) is 6.92 Å². The second-order valence-electron chi connectivity index (χ2n) is 4.89. The summed E-state index contributed by atoms with van der Waals surface area (Å²) in [5.74, 6) is 0.0178. The summed E-state index contributed by atoms with van der Waals surface area (Å²) in [5, 5.41) is 11.6. The molecule has 0 atom stereocenters. The molecule has 1 aliphatic carbocycles. The van der Waals surface area contributed by atoms with Crippen molar-refractivity contribution in [1.29, 1.82) is 0 Å². The number of anilines is 1. The smallest absolute Gasteiger partial charge is 0.185 e. The standard InChI is InChI=1S/C13H16FN5O/c1-2-20-10-6-9(7-10)19-13(16-17-18-19)11-4-3-8(15)5-12(11)14/h3-5,9-10H,2,6-7,15H2,1H3. The first-order valence-electron chi connectivity index (χ1n) is 6.64. The molecule has 106 valence electrons. The molecule has 1 aromatic carbocycles. The van der Waals surface area contributed by atoms with Crippen molar-refractivity contribution in [3.8, 4) is 11.4 Å². The molecule has 0 saturated heterocycles. The highest BCUT2D eigenvalue weighted by Gasteiger charge is 2.34. The summed E-state index contributed by atoms with van der Waals surface area (Å²) in [6, 6.07) is 4.68. The van der Waals surface area contributed by atoms with Crippen molar-refractivity contribution in [1.82, 2.24) is 20.2 Å². The van der Waals surface area contributed by atoms with Gasteiger partial charge in [-0.3, -0.25) is 0 Å². The molecule has 0 amide bonds. The summed E-state index contributed by atoms with van der Waals surface area (Å²) in [4.78, 5) is 0. The quantitative estimate of drug-likeness (QED) is 0.862. The summed E-state index contributed by atoms with van der Waals surface area (Å²) in [7, 11) is 0. The number of halogens is 1. The Balaban J connectivity index is 1.84. The molecule has 1 aliphatic rings. The predicted molar refractivity (Wildman–Crippen MR) is 71.3 cm³/mol. The maximum absolute atomic E-state index is 14.0. The van der Waals surface area contributed by atoms with Gasteiger partial charge in [0.05, 0.1) is 17.7 Å². The lowest BCUT2D eigenvalue weighted by molar-refractivity contribution is -0.0227. The summed E-state index contributed by atoms with van der Waals surface area (Å²) in [6.07, 6.45) is 1.95. The Morgan fingerprint density at radius 1 is 1.45 bits per heavy atom. The Bertz CT molecular complexity index is 609. The highest BCUT2D eigenvalue weighted by atomic mass is 19.1. The zero-order chi connectivity index (χ0) is 14.1. The van der Waals surface area contributed by atoms with Crippen LogP contribution in [0.2, 0.25) is 0 Å². The molecule has 1 fully saturated rings. The molecule has 3 rings (SSSR count). The predicted octanol–water partition coefficient (Wildman–Crippen LogP) is 1.80. The van der Waals surface area contributed by atoms with Crippen LogP contribution in [0.1, 0.15) is 25.8 Å². The van der Waals surface area contributed by atoms with E-state index in [4.69, 9.17) is 10.5 Å². The van der Waals surface area contributed by atoms with Crippen molar-refractivity contribution in [3.63, 3.8) is 0 Å². The van der Waals surface area contributed by atoms with Crippen molar-refractivity contribution in [2.45, 2.75) is 31.9 Å². The van der Waals surface area contributed by atoms with Gasteiger partial charge in [-0.2, -0.15) is 0 Å². The highest BCUT2D eigenvalue weighted by molar-refractivity contribution is 5.59. The van der Waals surface area contributed by atoms with E-state index in [-0.39, 0.29) is 12.1 Å². The van der Waals surface area contributed by atoms with Gasteiger partial charge in [-0.25, -0.2) is 9.07 Å². The topological polar surface area (TPSA) is 78.8 Å². The van der Waals surface area contributed by atoms with Crippen molar-refractivity contribution >= 4 is 5.69 Å². The van der Waals surface area contributed by atoms with Crippen molar-refractivity contribution in [2.75, 3.05) is 12.3 Å². The number of nitrogens with zero attached hydrogens (tertiary/aromatic N) is 4. The molecule has 0 unspecified atom stereocenters. The minimum absolute atomic E-state index is 0.161. The molecule has 0 bridgehead atoms. The van der Waals surface area contributed by atoms with Gasteiger partial charge in [0.25, 0.3) is 0 Å². The molecule has 1 heterocycles. The van der Waals surface area contributed by atoms with Crippen LogP contribution >= 0.6 is 0 Å². The lowest BCUT2D eigenvalue weighted by atomic mass is 9.89. The number of tetrazole rings is 1. The van der Waals surface area contributed by atoms with Gasteiger partial charge >= 0.3 is 0 Å². The van der Waals surface area contributed by atoms with Gasteiger partial charge in [-0.05, 0) is 48.4 Å². The number of ether oxygens (including phenoxy) is 1. The third kappa shape index (κ3) is 2.24. The third-order valence-corrected chi connectivity index (χ3v) is 3.55. The zero-order valence-electron chi connectivity index (χ0n) is 11.2. The second-order valence-corrected chi connectivity index (χ2v) is 4.89. The van der Waals surface area contributed by atoms with Crippen LogP contribution in [-0.2, 0) is 4.74 Å². The van der Waals surface area contributed by atoms with Crippen LogP contribution in [0.15, 0.2) is 18.2 Å². The largest absolute Gasteiger partial charge is 0.399 e. The molecule has 1 saturated carbocycles. The van der Waals surface area contributed by atoms with Crippen molar-refractivity contribution in [3.05, 3.63) is 24.0 Å². The summed E-state index contributed by atoms with van der Waals surface area (Å²) in [6.45, 7) is 2.67. The monoisotopic (exact) mass is 277 g/mol. The highest BCUT2D eigenvalue weighted by Crippen LogP contribution is 2.36. The SMILES string of the molecule is CCOC1CC(n2nnnc2-c2ccc(N)cc2F)C1. The molecule has 0 spiro atoms. The summed E-state index contributed by atoms with van der Waals surface area (Å²) < 4.78 is 21.2. The van der Waals surface area contributed by atoms with Gasteiger partial charge in [0, 0.05) is 12.3 Å². The summed E-state index contributed by atoms with van der Waals surface area (Å²) >= 11 is 0. The van der Waals surface area contributed by atoms with E-state index in [0.717, 1.165) is 12.8 Å². The summed E-state index contributed by atoms with van der Waals surface area (Å²) in [5.41, 5.74) is 6.30. The Morgan fingerprint density at radius 2 is 2.25 bits per heavy atom. The third-order valence-electron chi connectivity index (χ3n) is 3.55. The van der Waals surface area contributed by atoms with E-state index in [9.17, 15) is 4.39 Å². The maximum Gasteiger partial charge on any atom is 0.185 e. The maximum atomic E-state index is 14.0. The van der Waals surface area contributed by atoms with Crippen LogP contribution in [0, 0.1) is 5.82 Å². The van der Waals surface area contributed by atoms with E-state index in [1.165, 1.54) is 6.07 Å². The van der Waals surface area contributed by atoms with Gasteiger partial charge in [0.2, 0.25) is 0 Å². The van der Waals surface area contributed by atoms with E-state index < -0.39 is 5.82 Å². The van der Waals surface area contributed by atoms with Gasteiger partial charge in [-0.15, -0.1) is 5.10 Å². The number of hydrogen-bond donors (Lipinski definition) is 1. The van der Waals surface area contributed by atoms with E-state index in [1.54, 1.807) is 16.8 Å². The first kappa shape index (κ1) is 13.0. The molecule has 0 aliphatic heterocycles. The molecule has 2 aromatic rings. The molecule has 6 nitrogen and oxygen atoms in total. The normalized spacial score (nSPS) is 21.7. The number of nitrogens with two attached hydrogens (primary N) is 1. The fourth-order valence-electron chi connectivity index (χ4n) is 2.44. The fraction of sp³-hybridized carbons (Fsp3) is 0.462. The van der Waals surface area contributed by atoms with Crippen LogP contribution in [-0.4, -0.2) is 32.9 Å². The first-order chi connectivity index (χ1) is 9.69. The van der Waals surface area contributed by atoms with E-state index in [2.05, 4.69) is 15.5 Å². The molecule has 20 heavy (non-hydrogen) atoms. The number of hydrogen-bond acceptors (Lipinski definition) is 5. The van der Waals surface area contributed by atoms with Crippen LogP contribution < -0.4 is 5.73 Å². The Morgan fingerprint density at radius 3 is 2.95 bits per heavy atom. The molecular formula is C13H16FN5O. The van der Waals surface area contributed by atoms with E-state index in [0.29, 0.717) is 23.7 Å². The van der Waals surface area contributed by atoms with Crippen molar-refractivity contribution in [2.24, 2.45) is 0 Å². The van der Waals surface area contributed by atoms with E-state index >= 15 is 0 Å². The minimum Gasteiger partial charge on any atom is -0.399 e. The van der Waals surface area contributed by atoms with Gasteiger partial charge < -0.3 is 10.5 Å². The first-order valence-corrected chi connectivity index (χ1v) is 6.64. The van der Waals surface area contributed by atoms with Crippen LogP contribution in [0.3, 0.4) is 0 Å². The number of rotatable bonds is 4. The average molecular weight is 277 g/mol. The van der Waals surface area contributed by atoms with Crippen molar-refractivity contribution < 1.29 is 9.13 Å². The van der Waals surface area contributed by atoms with Gasteiger partial charge in [0.15, 0.2) is 5.82 Å². The fourth-order valence-corrected chi connectivity index (χ4v) is 2.44. The van der Waals surface area contributed by atoms with Crippen LogP contribution in [0.5, 0.6) is 0 Å². The number of benzene rings is 1. The molecule has 0 radical (unpaired) electrons. The second kappa shape index (κ2) is 5.16. The molecule has 2 N–H and O–H groups in total. The molecular weight excluding hydrogens is 261 g/mol. The number of aromatic nitrogens is 4. The Kier molecular flexibility index (Phi) is 3.35. The van der Waals surface area contributed by atoms with Gasteiger partial charge in [-0.1, -0.05) is 0 Å². The number of nitrogen functional groups attached to an aromatic ring is 1. The zero-order valence-corrected chi connectivity index (χ0v) is 11.2.